The van der Waals surface area contributed by atoms with Crippen LogP contribution in [-0.2, 0) is 0 Å². The number of carbonyl (C=O) groups is 1. The second-order valence-electron chi connectivity index (χ2n) is 5.62. The fraction of sp³-hybridized carbons (Fsp3) is 0.100. The summed E-state index contributed by atoms with van der Waals surface area (Å²) in [5.74, 6) is -0.955. The van der Waals surface area contributed by atoms with Crippen molar-refractivity contribution in [3.8, 4) is 11.4 Å². The molecule has 3 rings (SSSR count). The maximum atomic E-state index is 13.7. The molecule has 6 heteroatoms. The number of halogens is 2. The van der Waals surface area contributed by atoms with Gasteiger partial charge in [0.2, 0.25) is 0 Å². The normalized spacial score (nSPS) is 11.1. The number of ketones is 1. The Hall–Kier alpha value is -3.28. The van der Waals surface area contributed by atoms with E-state index in [0.717, 1.165) is 0 Å². The van der Waals surface area contributed by atoms with E-state index >= 15 is 0 Å². The first kappa shape index (κ1) is 17.5. The molecule has 4 nitrogen and oxygen atoms in total. The molecule has 1 aromatic heterocycles. The lowest BCUT2D eigenvalue weighted by atomic mass is 10.1. The molecule has 0 unspecified atom stereocenters. The summed E-state index contributed by atoms with van der Waals surface area (Å²) in [6, 6.07) is 10.3. The zero-order valence-electron chi connectivity index (χ0n) is 14.2. The van der Waals surface area contributed by atoms with Gasteiger partial charge < -0.3 is 4.74 Å². The summed E-state index contributed by atoms with van der Waals surface area (Å²) in [5, 5.41) is 4.19. The van der Waals surface area contributed by atoms with Crippen molar-refractivity contribution in [3.63, 3.8) is 0 Å². The zero-order valence-corrected chi connectivity index (χ0v) is 14.2. The summed E-state index contributed by atoms with van der Waals surface area (Å²) in [6.07, 6.45) is 4.35. The number of aromatic nitrogens is 2. The highest BCUT2D eigenvalue weighted by Gasteiger charge is 2.13. The van der Waals surface area contributed by atoms with Gasteiger partial charge in [0.15, 0.2) is 17.3 Å². The average Bonchev–Trinajstić information content (AvgIpc) is 3.02. The van der Waals surface area contributed by atoms with E-state index in [1.165, 1.54) is 49.7 Å². The minimum Gasteiger partial charge on any atom is -0.494 e. The van der Waals surface area contributed by atoms with Crippen LogP contribution in [0.2, 0.25) is 0 Å². The molecule has 3 aromatic rings. The molecule has 0 aliphatic carbocycles. The van der Waals surface area contributed by atoms with Crippen molar-refractivity contribution in [2.75, 3.05) is 7.11 Å². The van der Waals surface area contributed by atoms with E-state index in [-0.39, 0.29) is 17.3 Å². The van der Waals surface area contributed by atoms with Crippen molar-refractivity contribution < 1.29 is 18.3 Å². The molecular formula is C20H16F2N2O2. The highest BCUT2D eigenvalue weighted by molar-refractivity contribution is 6.07. The van der Waals surface area contributed by atoms with Crippen LogP contribution < -0.4 is 4.74 Å². The molecule has 0 fully saturated rings. The molecule has 26 heavy (non-hydrogen) atoms. The first-order valence-corrected chi connectivity index (χ1v) is 7.86. The van der Waals surface area contributed by atoms with Crippen LogP contribution >= 0.6 is 0 Å². The Labute approximate surface area is 149 Å². The minimum atomic E-state index is -0.498. The fourth-order valence-electron chi connectivity index (χ4n) is 2.54. The van der Waals surface area contributed by atoms with E-state index in [0.29, 0.717) is 22.5 Å². The predicted octanol–water partition coefficient (Wildman–Crippen LogP) is 4.36. The van der Waals surface area contributed by atoms with Crippen molar-refractivity contribution in [1.29, 1.82) is 0 Å². The Bertz CT molecular complexity index is 976. The highest BCUT2D eigenvalue weighted by Crippen LogP contribution is 2.19. The van der Waals surface area contributed by atoms with Gasteiger partial charge in [-0.2, -0.15) is 5.10 Å². The molecule has 132 valence electrons. The fourth-order valence-corrected chi connectivity index (χ4v) is 2.54. The smallest absolute Gasteiger partial charge is 0.189 e. The van der Waals surface area contributed by atoms with E-state index in [2.05, 4.69) is 5.10 Å². The van der Waals surface area contributed by atoms with Crippen molar-refractivity contribution in [1.82, 2.24) is 9.78 Å². The average molecular weight is 354 g/mol. The lowest BCUT2D eigenvalue weighted by molar-refractivity contribution is 0.104. The van der Waals surface area contributed by atoms with Crippen LogP contribution in [0.4, 0.5) is 8.78 Å². The first-order chi connectivity index (χ1) is 12.5. The molecule has 0 N–H and O–H groups in total. The number of hydrogen-bond donors (Lipinski definition) is 0. The first-order valence-electron chi connectivity index (χ1n) is 7.86. The molecular weight excluding hydrogens is 338 g/mol. The second kappa shape index (κ2) is 7.31. The third-order valence-corrected chi connectivity index (χ3v) is 3.95. The van der Waals surface area contributed by atoms with Gasteiger partial charge in [-0.05, 0) is 55.0 Å². The van der Waals surface area contributed by atoms with Crippen LogP contribution in [0, 0.1) is 18.6 Å². The summed E-state index contributed by atoms with van der Waals surface area (Å²) in [6.45, 7) is 1.75. The number of carbonyl (C=O) groups excluding carboxylic acids is 1. The van der Waals surface area contributed by atoms with Crippen LogP contribution in [-0.4, -0.2) is 22.7 Å². The van der Waals surface area contributed by atoms with Gasteiger partial charge in [0.25, 0.3) is 0 Å². The maximum absolute atomic E-state index is 13.7. The molecule has 0 saturated heterocycles. The number of benzene rings is 2. The lowest BCUT2D eigenvalue weighted by Crippen LogP contribution is -2.01. The summed E-state index contributed by atoms with van der Waals surface area (Å²) < 4.78 is 33.2. The van der Waals surface area contributed by atoms with E-state index in [1.807, 2.05) is 0 Å². The number of rotatable bonds is 5. The Balaban J connectivity index is 1.82. The molecule has 0 spiro atoms. The van der Waals surface area contributed by atoms with Crippen molar-refractivity contribution in [3.05, 3.63) is 83.2 Å². The minimum absolute atomic E-state index is 0.143. The molecule has 0 bridgehead atoms. The largest absolute Gasteiger partial charge is 0.494 e. The SMILES string of the molecule is COc1ccc(C=CC(=O)c2cnn(-c3ccc(F)cc3)c2C)cc1F. The molecule has 0 atom stereocenters. The van der Waals surface area contributed by atoms with Gasteiger partial charge in [-0.3, -0.25) is 4.79 Å². The maximum Gasteiger partial charge on any atom is 0.189 e. The summed E-state index contributed by atoms with van der Waals surface area (Å²) in [4.78, 5) is 12.4. The van der Waals surface area contributed by atoms with E-state index < -0.39 is 5.82 Å². The number of ether oxygens (including phenoxy) is 1. The van der Waals surface area contributed by atoms with E-state index in [9.17, 15) is 13.6 Å². The quantitative estimate of drug-likeness (QED) is 0.505. The van der Waals surface area contributed by atoms with Crippen LogP contribution in [0.5, 0.6) is 5.75 Å². The van der Waals surface area contributed by atoms with Crippen LogP contribution in [0.25, 0.3) is 11.8 Å². The molecule has 0 amide bonds. The monoisotopic (exact) mass is 354 g/mol. The Morgan fingerprint density at radius 1 is 1.15 bits per heavy atom. The second-order valence-corrected chi connectivity index (χ2v) is 5.62. The third kappa shape index (κ3) is 3.54. The van der Waals surface area contributed by atoms with Crippen molar-refractivity contribution >= 4 is 11.9 Å². The number of allylic oxidation sites excluding steroid dienone is 1. The third-order valence-electron chi connectivity index (χ3n) is 3.95. The number of methoxy groups -OCH3 is 1. The topological polar surface area (TPSA) is 44.1 Å². The van der Waals surface area contributed by atoms with E-state index in [1.54, 1.807) is 29.8 Å². The van der Waals surface area contributed by atoms with Gasteiger partial charge in [0.05, 0.1) is 30.3 Å². The number of hydrogen-bond acceptors (Lipinski definition) is 3. The standard InChI is InChI=1S/C20H16F2N2O2/c1-13-17(12-23-24(13)16-7-5-15(21)6-8-16)19(25)9-3-14-4-10-20(26-2)18(22)11-14/h3-12H,1-2H3. The van der Waals surface area contributed by atoms with Crippen molar-refractivity contribution in [2.24, 2.45) is 0 Å². The van der Waals surface area contributed by atoms with Crippen LogP contribution in [0.3, 0.4) is 0 Å². The Morgan fingerprint density at radius 2 is 1.88 bits per heavy atom. The van der Waals surface area contributed by atoms with Crippen molar-refractivity contribution in [2.45, 2.75) is 6.92 Å². The number of nitrogens with zero attached hydrogens (tertiary/aromatic N) is 2. The molecule has 1 heterocycles. The van der Waals surface area contributed by atoms with Crippen LogP contribution in [0.15, 0.2) is 54.7 Å². The summed E-state index contributed by atoms with van der Waals surface area (Å²) >= 11 is 0. The van der Waals surface area contributed by atoms with Gasteiger partial charge >= 0.3 is 0 Å². The van der Waals surface area contributed by atoms with Gasteiger partial charge in [-0.25, -0.2) is 13.5 Å². The predicted molar refractivity (Wildman–Crippen MR) is 94.6 cm³/mol. The summed E-state index contributed by atoms with van der Waals surface area (Å²) in [7, 11) is 1.39. The lowest BCUT2D eigenvalue weighted by Gasteiger charge is -2.04. The summed E-state index contributed by atoms with van der Waals surface area (Å²) in [5.41, 5.74) is 2.25. The van der Waals surface area contributed by atoms with Gasteiger partial charge in [-0.15, -0.1) is 0 Å². The molecule has 2 aromatic carbocycles. The molecule has 0 aliphatic rings. The molecule has 0 aliphatic heterocycles. The van der Waals surface area contributed by atoms with Gasteiger partial charge in [0.1, 0.15) is 5.82 Å². The van der Waals surface area contributed by atoms with Gasteiger partial charge in [0, 0.05) is 0 Å². The zero-order chi connectivity index (χ0) is 18.7. The molecule has 0 radical (unpaired) electrons. The van der Waals surface area contributed by atoms with Crippen LogP contribution in [0.1, 0.15) is 21.6 Å². The molecule has 0 saturated carbocycles. The highest BCUT2D eigenvalue weighted by atomic mass is 19.1. The Morgan fingerprint density at radius 3 is 2.54 bits per heavy atom. The van der Waals surface area contributed by atoms with Gasteiger partial charge in [-0.1, -0.05) is 12.1 Å². The Kier molecular flexibility index (Phi) is 4.93. The van der Waals surface area contributed by atoms with E-state index in [4.69, 9.17) is 4.74 Å².